The quantitative estimate of drug-likeness (QED) is 0.686. The highest BCUT2D eigenvalue weighted by molar-refractivity contribution is 6.31. The lowest BCUT2D eigenvalue weighted by Gasteiger charge is -2.02. The number of H-pyrrole nitrogens is 1. The molecule has 4 nitrogen and oxygen atoms in total. The Labute approximate surface area is 129 Å². The van der Waals surface area contributed by atoms with Crippen molar-refractivity contribution >= 4 is 22.5 Å². The molecular formula is C16H19ClN4. The summed E-state index contributed by atoms with van der Waals surface area (Å²) in [6, 6.07) is 8.01. The minimum absolute atomic E-state index is 0.779. The number of rotatable bonds is 6. The molecule has 0 radical (unpaired) electrons. The SMILES string of the molecule is CCn1ccc(CNCCc2c[nH]c3ccc(Cl)cc23)n1. The molecule has 0 saturated heterocycles. The summed E-state index contributed by atoms with van der Waals surface area (Å²) in [4.78, 5) is 3.28. The Balaban J connectivity index is 1.55. The van der Waals surface area contributed by atoms with Crippen LogP contribution in [0.1, 0.15) is 18.2 Å². The van der Waals surface area contributed by atoms with Crippen LogP contribution < -0.4 is 5.32 Å². The average Bonchev–Trinajstić information content (AvgIpc) is 3.10. The van der Waals surface area contributed by atoms with E-state index in [0.29, 0.717) is 0 Å². The van der Waals surface area contributed by atoms with Crippen LogP contribution in [0, 0.1) is 0 Å². The Kier molecular flexibility index (Phi) is 4.27. The molecule has 3 aromatic rings. The van der Waals surface area contributed by atoms with Crippen molar-refractivity contribution < 1.29 is 0 Å². The summed E-state index contributed by atoms with van der Waals surface area (Å²) in [5.74, 6) is 0. The molecule has 0 amide bonds. The molecule has 5 heteroatoms. The number of nitrogens with zero attached hydrogens (tertiary/aromatic N) is 2. The molecule has 3 rings (SSSR count). The largest absolute Gasteiger partial charge is 0.361 e. The van der Waals surface area contributed by atoms with Crippen LogP contribution in [0.25, 0.3) is 10.9 Å². The van der Waals surface area contributed by atoms with Crippen molar-refractivity contribution in [2.45, 2.75) is 26.4 Å². The van der Waals surface area contributed by atoms with E-state index in [9.17, 15) is 0 Å². The Morgan fingerprint density at radius 1 is 1.33 bits per heavy atom. The van der Waals surface area contributed by atoms with Gasteiger partial charge in [0.15, 0.2) is 0 Å². The van der Waals surface area contributed by atoms with E-state index in [-0.39, 0.29) is 0 Å². The van der Waals surface area contributed by atoms with Crippen molar-refractivity contribution in [1.29, 1.82) is 0 Å². The zero-order chi connectivity index (χ0) is 14.7. The van der Waals surface area contributed by atoms with Gasteiger partial charge in [-0.25, -0.2) is 0 Å². The van der Waals surface area contributed by atoms with Crippen molar-refractivity contribution in [3.8, 4) is 0 Å². The number of halogens is 1. The highest BCUT2D eigenvalue weighted by atomic mass is 35.5. The molecule has 1 aromatic carbocycles. The summed E-state index contributed by atoms with van der Waals surface area (Å²) < 4.78 is 1.94. The van der Waals surface area contributed by atoms with Gasteiger partial charge in [0.05, 0.1) is 5.69 Å². The van der Waals surface area contributed by atoms with E-state index < -0.39 is 0 Å². The van der Waals surface area contributed by atoms with Crippen LogP contribution in [-0.2, 0) is 19.5 Å². The number of aromatic nitrogens is 3. The molecule has 2 aromatic heterocycles. The molecular weight excluding hydrogens is 284 g/mol. The van der Waals surface area contributed by atoms with Gasteiger partial charge in [-0.1, -0.05) is 11.6 Å². The van der Waals surface area contributed by atoms with Crippen molar-refractivity contribution in [3.05, 3.63) is 52.9 Å². The van der Waals surface area contributed by atoms with Gasteiger partial charge in [-0.15, -0.1) is 0 Å². The monoisotopic (exact) mass is 302 g/mol. The number of aromatic amines is 1. The fourth-order valence-corrected chi connectivity index (χ4v) is 2.64. The molecule has 0 saturated carbocycles. The van der Waals surface area contributed by atoms with Crippen LogP contribution in [0.4, 0.5) is 0 Å². The van der Waals surface area contributed by atoms with E-state index in [2.05, 4.69) is 34.6 Å². The third-order valence-electron chi connectivity index (χ3n) is 3.63. The molecule has 0 aliphatic heterocycles. The van der Waals surface area contributed by atoms with Gasteiger partial charge in [-0.2, -0.15) is 5.10 Å². The molecule has 0 fully saturated rings. The highest BCUT2D eigenvalue weighted by Crippen LogP contribution is 2.22. The molecule has 2 N–H and O–H groups in total. The van der Waals surface area contributed by atoms with E-state index in [4.69, 9.17) is 11.6 Å². The lowest BCUT2D eigenvalue weighted by Crippen LogP contribution is -2.17. The molecule has 0 bridgehead atoms. The van der Waals surface area contributed by atoms with Crippen molar-refractivity contribution in [2.75, 3.05) is 6.54 Å². The second kappa shape index (κ2) is 6.33. The smallest absolute Gasteiger partial charge is 0.0762 e. The van der Waals surface area contributed by atoms with Crippen molar-refractivity contribution in [2.24, 2.45) is 0 Å². The van der Waals surface area contributed by atoms with Gasteiger partial charge in [0, 0.05) is 41.4 Å². The van der Waals surface area contributed by atoms with Gasteiger partial charge in [-0.3, -0.25) is 4.68 Å². The molecule has 0 unspecified atom stereocenters. The second-order valence-corrected chi connectivity index (χ2v) is 5.53. The number of aryl methyl sites for hydroxylation is 1. The Morgan fingerprint density at radius 2 is 2.24 bits per heavy atom. The van der Waals surface area contributed by atoms with E-state index in [0.717, 1.165) is 42.3 Å². The topological polar surface area (TPSA) is 45.6 Å². The molecule has 0 aliphatic rings. The highest BCUT2D eigenvalue weighted by Gasteiger charge is 2.04. The van der Waals surface area contributed by atoms with Gasteiger partial charge >= 0.3 is 0 Å². The van der Waals surface area contributed by atoms with Crippen LogP contribution in [0.5, 0.6) is 0 Å². The first-order chi connectivity index (χ1) is 10.3. The maximum Gasteiger partial charge on any atom is 0.0762 e. The number of nitrogens with one attached hydrogen (secondary N) is 2. The normalized spacial score (nSPS) is 11.3. The van der Waals surface area contributed by atoms with E-state index in [1.165, 1.54) is 10.9 Å². The number of fused-ring (bicyclic) bond motifs is 1. The number of benzene rings is 1. The summed E-state index contributed by atoms with van der Waals surface area (Å²) in [5, 5.41) is 9.88. The lowest BCUT2D eigenvalue weighted by atomic mass is 10.1. The van der Waals surface area contributed by atoms with E-state index in [1.54, 1.807) is 0 Å². The Morgan fingerprint density at radius 3 is 3.05 bits per heavy atom. The standard InChI is InChI=1S/C16H19ClN4/c1-2-21-8-6-14(20-21)11-18-7-5-12-10-19-16-4-3-13(17)9-15(12)16/h3-4,6,8-10,18-19H,2,5,7,11H2,1H3. The predicted octanol–water partition coefficient (Wildman–Crippen LogP) is 3.37. The van der Waals surface area contributed by atoms with Gasteiger partial charge < -0.3 is 10.3 Å². The summed E-state index contributed by atoms with van der Waals surface area (Å²) in [5.41, 5.74) is 3.51. The van der Waals surface area contributed by atoms with Crippen LogP contribution >= 0.6 is 11.6 Å². The zero-order valence-corrected chi connectivity index (χ0v) is 12.8. The molecule has 0 atom stereocenters. The van der Waals surface area contributed by atoms with E-state index >= 15 is 0 Å². The van der Waals surface area contributed by atoms with Crippen molar-refractivity contribution in [3.63, 3.8) is 0 Å². The maximum atomic E-state index is 6.06. The first-order valence-corrected chi connectivity index (χ1v) is 7.62. The summed E-state index contributed by atoms with van der Waals surface area (Å²) >= 11 is 6.06. The van der Waals surface area contributed by atoms with E-state index in [1.807, 2.05) is 29.1 Å². The lowest BCUT2D eigenvalue weighted by molar-refractivity contribution is 0.620. The third kappa shape index (κ3) is 3.28. The Bertz CT molecular complexity index is 729. The van der Waals surface area contributed by atoms with Crippen molar-refractivity contribution in [1.82, 2.24) is 20.1 Å². The average molecular weight is 303 g/mol. The first kappa shape index (κ1) is 14.2. The summed E-state index contributed by atoms with van der Waals surface area (Å²) in [6.45, 7) is 4.72. The fraction of sp³-hybridized carbons (Fsp3) is 0.312. The minimum atomic E-state index is 0.779. The molecule has 21 heavy (non-hydrogen) atoms. The number of hydrogen-bond acceptors (Lipinski definition) is 2. The molecule has 110 valence electrons. The zero-order valence-electron chi connectivity index (χ0n) is 12.1. The predicted molar refractivity (Wildman–Crippen MR) is 86.6 cm³/mol. The van der Waals surface area contributed by atoms with Gasteiger partial charge in [0.25, 0.3) is 0 Å². The summed E-state index contributed by atoms with van der Waals surface area (Å²) in [6.07, 6.45) is 5.04. The molecule has 0 spiro atoms. The van der Waals surface area contributed by atoms with Gasteiger partial charge in [0.2, 0.25) is 0 Å². The van der Waals surface area contributed by atoms with Crippen LogP contribution in [0.3, 0.4) is 0 Å². The Hall–Kier alpha value is -1.78. The molecule has 0 aliphatic carbocycles. The molecule has 2 heterocycles. The second-order valence-electron chi connectivity index (χ2n) is 5.09. The third-order valence-corrected chi connectivity index (χ3v) is 3.86. The first-order valence-electron chi connectivity index (χ1n) is 7.25. The van der Waals surface area contributed by atoms with Gasteiger partial charge in [0.1, 0.15) is 0 Å². The van der Waals surface area contributed by atoms with Gasteiger partial charge in [-0.05, 0) is 49.7 Å². The van der Waals surface area contributed by atoms with Crippen LogP contribution in [0.15, 0.2) is 36.7 Å². The van der Waals surface area contributed by atoms with Crippen LogP contribution in [0.2, 0.25) is 5.02 Å². The fourth-order valence-electron chi connectivity index (χ4n) is 2.47. The maximum absolute atomic E-state index is 6.06. The van der Waals surface area contributed by atoms with Crippen LogP contribution in [-0.4, -0.2) is 21.3 Å². The number of hydrogen-bond donors (Lipinski definition) is 2. The minimum Gasteiger partial charge on any atom is -0.361 e. The summed E-state index contributed by atoms with van der Waals surface area (Å²) in [7, 11) is 0.